The Hall–Kier alpha value is -0.820. The van der Waals surface area contributed by atoms with Gasteiger partial charge in [0.25, 0.3) is 0 Å². The van der Waals surface area contributed by atoms with Gasteiger partial charge in [-0.05, 0) is 68.5 Å². The first-order valence-electron chi connectivity index (χ1n) is 7.05. The van der Waals surface area contributed by atoms with Crippen molar-refractivity contribution in [1.29, 1.82) is 0 Å². The number of fused-ring (bicyclic) bond motifs is 1. The molecule has 3 rings (SSSR count). The summed E-state index contributed by atoms with van der Waals surface area (Å²) >= 11 is 0. The number of aryl methyl sites for hydroxylation is 1. The SMILES string of the molecule is CNC1CCC2(CCc3ccccc3C2)CC1. The zero-order valence-electron chi connectivity index (χ0n) is 10.8. The maximum absolute atomic E-state index is 3.45. The maximum atomic E-state index is 3.45. The molecular weight excluding hydrogens is 206 g/mol. The van der Waals surface area contributed by atoms with E-state index in [4.69, 9.17) is 0 Å². The minimum Gasteiger partial charge on any atom is -0.317 e. The Balaban J connectivity index is 1.75. The van der Waals surface area contributed by atoms with Crippen LogP contribution in [0.3, 0.4) is 0 Å². The topological polar surface area (TPSA) is 12.0 Å². The third-order valence-corrected chi connectivity index (χ3v) is 5.06. The van der Waals surface area contributed by atoms with Crippen LogP contribution in [0.4, 0.5) is 0 Å². The molecule has 1 aromatic rings. The summed E-state index contributed by atoms with van der Waals surface area (Å²) in [5, 5.41) is 3.45. The Kier molecular flexibility index (Phi) is 2.96. The van der Waals surface area contributed by atoms with Crippen molar-refractivity contribution in [3.63, 3.8) is 0 Å². The van der Waals surface area contributed by atoms with Crippen LogP contribution in [0, 0.1) is 5.41 Å². The monoisotopic (exact) mass is 229 g/mol. The molecule has 2 aliphatic carbocycles. The predicted molar refractivity (Wildman–Crippen MR) is 72.2 cm³/mol. The van der Waals surface area contributed by atoms with Crippen molar-refractivity contribution in [1.82, 2.24) is 5.32 Å². The minimum atomic E-state index is 0.641. The summed E-state index contributed by atoms with van der Waals surface area (Å²) < 4.78 is 0. The van der Waals surface area contributed by atoms with Crippen LogP contribution in [0.15, 0.2) is 24.3 Å². The van der Waals surface area contributed by atoms with Crippen LogP contribution in [-0.2, 0) is 12.8 Å². The molecule has 1 aromatic carbocycles. The molecule has 1 spiro atoms. The Morgan fingerprint density at radius 2 is 1.76 bits per heavy atom. The lowest BCUT2D eigenvalue weighted by atomic mass is 9.63. The highest BCUT2D eigenvalue weighted by molar-refractivity contribution is 5.31. The summed E-state index contributed by atoms with van der Waals surface area (Å²) in [5.41, 5.74) is 3.87. The minimum absolute atomic E-state index is 0.641. The molecule has 0 bridgehead atoms. The average molecular weight is 229 g/mol. The van der Waals surface area contributed by atoms with Gasteiger partial charge in [0.2, 0.25) is 0 Å². The highest BCUT2D eigenvalue weighted by Crippen LogP contribution is 2.46. The van der Waals surface area contributed by atoms with Crippen LogP contribution in [0.25, 0.3) is 0 Å². The number of benzene rings is 1. The Morgan fingerprint density at radius 3 is 2.47 bits per heavy atom. The molecule has 0 aliphatic heterocycles. The second-order valence-corrected chi connectivity index (χ2v) is 6.01. The number of hydrogen-bond acceptors (Lipinski definition) is 1. The molecule has 0 unspecified atom stereocenters. The van der Waals surface area contributed by atoms with E-state index in [0.29, 0.717) is 5.41 Å². The van der Waals surface area contributed by atoms with Crippen LogP contribution in [-0.4, -0.2) is 13.1 Å². The summed E-state index contributed by atoms with van der Waals surface area (Å²) in [4.78, 5) is 0. The van der Waals surface area contributed by atoms with Crippen molar-refractivity contribution in [2.75, 3.05) is 7.05 Å². The molecule has 1 saturated carbocycles. The fourth-order valence-electron chi connectivity index (χ4n) is 3.81. The van der Waals surface area contributed by atoms with Crippen molar-refractivity contribution < 1.29 is 0 Å². The third-order valence-electron chi connectivity index (χ3n) is 5.06. The molecule has 1 heteroatoms. The van der Waals surface area contributed by atoms with Gasteiger partial charge in [0.1, 0.15) is 0 Å². The van der Waals surface area contributed by atoms with Gasteiger partial charge in [-0.3, -0.25) is 0 Å². The van der Waals surface area contributed by atoms with Gasteiger partial charge in [0.15, 0.2) is 0 Å². The van der Waals surface area contributed by atoms with Crippen LogP contribution in [0.1, 0.15) is 43.2 Å². The lowest BCUT2D eigenvalue weighted by Gasteiger charge is -2.43. The molecule has 17 heavy (non-hydrogen) atoms. The smallest absolute Gasteiger partial charge is 0.00644 e. The van der Waals surface area contributed by atoms with E-state index in [1.165, 1.54) is 44.9 Å². The quantitative estimate of drug-likeness (QED) is 0.779. The molecule has 1 N–H and O–H groups in total. The van der Waals surface area contributed by atoms with Crippen LogP contribution in [0.2, 0.25) is 0 Å². The van der Waals surface area contributed by atoms with Crippen LogP contribution >= 0.6 is 0 Å². The highest BCUT2D eigenvalue weighted by atomic mass is 14.9. The van der Waals surface area contributed by atoms with E-state index < -0.39 is 0 Å². The fraction of sp³-hybridized carbons (Fsp3) is 0.625. The molecule has 92 valence electrons. The van der Waals surface area contributed by atoms with Crippen molar-refractivity contribution in [3.8, 4) is 0 Å². The van der Waals surface area contributed by atoms with Gasteiger partial charge in [-0.1, -0.05) is 24.3 Å². The molecule has 0 heterocycles. The Bertz CT molecular complexity index is 388. The largest absolute Gasteiger partial charge is 0.317 e. The summed E-state index contributed by atoms with van der Waals surface area (Å²) in [5.74, 6) is 0. The van der Waals surface area contributed by atoms with Crippen molar-refractivity contribution >= 4 is 0 Å². The molecule has 0 amide bonds. The van der Waals surface area contributed by atoms with Gasteiger partial charge in [-0.15, -0.1) is 0 Å². The second kappa shape index (κ2) is 4.45. The Labute approximate surface area is 105 Å². The van der Waals surface area contributed by atoms with E-state index in [2.05, 4.69) is 36.6 Å². The van der Waals surface area contributed by atoms with Crippen LogP contribution < -0.4 is 5.32 Å². The van der Waals surface area contributed by atoms with Gasteiger partial charge in [0.05, 0.1) is 0 Å². The van der Waals surface area contributed by atoms with Crippen molar-refractivity contribution in [3.05, 3.63) is 35.4 Å². The highest BCUT2D eigenvalue weighted by Gasteiger charge is 2.37. The fourth-order valence-corrected chi connectivity index (χ4v) is 3.81. The number of rotatable bonds is 1. The van der Waals surface area contributed by atoms with E-state index in [1.54, 1.807) is 11.1 Å². The van der Waals surface area contributed by atoms with E-state index in [0.717, 1.165) is 6.04 Å². The predicted octanol–water partition coefficient (Wildman–Crippen LogP) is 3.32. The summed E-state index contributed by atoms with van der Waals surface area (Å²) in [7, 11) is 2.11. The van der Waals surface area contributed by atoms with E-state index in [9.17, 15) is 0 Å². The molecular formula is C16H23N. The maximum Gasteiger partial charge on any atom is 0.00644 e. The second-order valence-electron chi connectivity index (χ2n) is 6.01. The van der Waals surface area contributed by atoms with Crippen LogP contribution in [0.5, 0.6) is 0 Å². The normalized spacial score (nSPS) is 32.4. The first-order valence-corrected chi connectivity index (χ1v) is 7.05. The third kappa shape index (κ3) is 2.13. The lowest BCUT2D eigenvalue weighted by Crippen LogP contribution is -2.39. The zero-order valence-corrected chi connectivity index (χ0v) is 10.8. The van der Waals surface area contributed by atoms with E-state index in [-0.39, 0.29) is 0 Å². The molecule has 0 saturated heterocycles. The Morgan fingerprint density at radius 1 is 1.06 bits per heavy atom. The van der Waals surface area contributed by atoms with Gasteiger partial charge in [0, 0.05) is 6.04 Å². The van der Waals surface area contributed by atoms with Gasteiger partial charge in [-0.2, -0.15) is 0 Å². The van der Waals surface area contributed by atoms with Crippen molar-refractivity contribution in [2.24, 2.45) is 5.41 Å². The van der Waals surface area contributed by atoms with Gasteiger partial charge < -0.3 is 5.32 Å². The molecule has 1 nitrogen and oxygen atoms in total. The molecule has 0 atom stereocenters. The van der Waals surface area contributed by atoms with Gasteiger partial charge in [-0.25, -0.2) is 0 Å². The first kappa shape index (κ1) is 11.3. The summed E-state index contributed by atoms with van der Waals surface area (Å²) in [6, 6.07) is 9.84. The molecule has 0 aromatic heterocycles. The lowest BCUT2D eigenvalue weighted by molar-refractivity contribution is 0.142. The summed E-state index contributed by atoms with van der Waals surface area (Å²) in [6.45, 7) is 0. The van der Waals surface area contributed by atoms with E-state index in [1.807, 2.05) is 0 Å². The molecule has 1 fully saturated rings. The standard InChI is InChI=1S/C16H23N/c1-17-15-7-10-16(11-8-15)9-6-13-4-2-3-5-14(13)12-16/h2-5,15,17H,6-12H2,1H3. The zero-order chi connectivity index (χ0) is 11.7. The van der Waals surface area contributed by atoms with Crippen molar-refractivity contribution in [2.45, 2.75) is 51.0 Å². The first-order chi connectivity index (χ1) is 8.31. The summed E-state index contributed by atoms with van der Waals surface area (Å²) in [6.07, 6.45) is 9.65. The van der Waals surface area contributed by atoms with Gasteiger partial charge >= 0.3 is 0 Å². The number of nitrogens with one attached hydrogen (secondary N) is 1. The number of hydrogen-bond donors (Lipinski definition) is 1. The molecule has 2 aliphatic rings. The average Bonchev–Trinajstić information content (AvgIpc) is 2.40. The van der Waals surface area contributed by atoms with E-state index >= 15 is 0 Å². The molecule has 0 radical (unpaired) electrons.